The average molecular weight is 123 g/mol. The minimum atomic E-state index is 0.322. The van der Waals surface area contributed by atoms with Crippen molar-refractivity contribution in [3.05, 3.63) is 18.2 Å². The van der Waals surface area contributed by atoms with Crippen molar-refractivity contribution in [3.8, 4) is 0 Å². The van der Waals surface area contributed by atoms with Crippen molar-refractivity contribution < 1.29 is 0 Å². The Hall–Kier alpha value is -0.830. The lowest BCUT2D eigenvalue weighted by atomic mass is 10.2. The summed E-state index contributed by atoms with van der Waals surface area (Å²) < 4.78 is 2.10. The van der Waals surface area contributed by atoms with Crippen LogP contribution in [0.1, 0.15) is 5.69 Å². The van der Waals surface area contributed by atoms with Crippen molar-refractivity contribution in [2.75, 3.05) is 0 Å². The van der Waals surface area contributed by atoms with Crippen molar-refractivity contribution in [1.82, 2.24) is 9.55 Å². The summed E-state index contributed by atoms with van der Waals surface area (Å²) in [5, 5.41) is 0. The van der Waals surface area contributed by atoms with Crippen molar-refractivity contribution >= 4 is 0 Å². The first-order chi connectivity index (χ1) is 4.36. The molecule has 1 aromatic heterocycles. The maximum Gasteiger partial charge on any atom is 0.0948 e. The summed E-state index contributed by atoms with van der Waals surface area (Å²) in [6, 6.07) is 0.322. The molecule has 48 valence electrons. The third kappa shape index (κ3) is 0.650. The maximum atomic E-state index is 5.68. The Morgan fingerprint density at radius 3 is 3.44 bits per heavy atom. The molecule has 2 rings (SSSR count). The largest absolute Gasteiger partial charge is 0.333 e. The number of fused-ring (bicyclic) bond motifs is 1. The SMILES string of the molecule is N[C@H]1Cc2cncn2C1. The molecule has 1 aromatic rings. The second-order valence-electron chi connectivity index (χ2n) is 2.50. The zero-order valence-corrected chi connectivity index (χ0v) is 5.12. The zero-order chi connectivity index (χ0) is 6.27. The number of hydrogen-bond acceptors (Lipinski definition) is 2. The smallest absolute Gasteiger partial charge is 0.0948 e. The molecule has 0 aromatic carbocycles. The topological polar surface area (TPSA) is 43.8 Å². The molecule has 0 bridgehead atoms. The van der Waals surface area contributed by atoms with Crippen LogP contribution in [0.25, 0.3) is 0 Å². The number of nitrogens with two attached hydrogens (primary N) is 1. The number of imidazole rings is 1. The second-order valence-corrected chi connectivity index (χ2v) is 2.50. The van der Waals surface area contributed by atoms with Gasteiger partial charge in [-0.1, -0.05) is 0 Å². The van der Waals surface area contributed by atoms with E-state index in [2.05, 4.69) is 9.55 Å². The van der Waals surface area contributed by atoms with Crippen LogP contribution in [0.4, 0.5) is 0 Å². The van der Waals surface area contributed by atoms with Gasteiger partial charge >= 0.3 is 0 Å². The van der Waals surface area contributed by atoms with Gasteiger partial charge < -0.3 is 10.3 Å². The summed E-state index contributed by atoms with van der Waals surface area (Å²) in [6.45, 7) is 0.940. The highest BCUT2D eigenvalue weighted by Gasteiger charge is 2.16. The van der Waals surface area contributed by atoms with E-state index >= 15 is 0 Å². The third-order valence-electron chi connectivity index (χ3n) is 1.70. The molecular weight excluding hydrogens is 114 g/mol. The monoisotopic (exact) mass is 123 g/mol. The number of aromatic nitrogens is 2. The van der Waals surface area contributed by atoms with Gasteiger partial charge in [0.15, 0.2) is 0 Å². The number of hydrogen-bond donors (Lipinski definition) is 1. The predicted octanol–water partition coefficient (Wildman–Crippen LogP) is -0.234. The molecule has 0 radical (unpaired) electrons. The Labute approximate surface area is 53.5 Å². The Kier molecular flexibility index (Phi) is 0.873. The molecule has 1 aliphatic heterocycles. The third-order valence-corrected chi connectivity index (χ3v) is 1.70. The van der Waals surface area contributed by atoms with E-state index in [-0.39, 0.29) is 0 Å². The Morgan fingerprint density at radius 1 is 1.78 bits per heavy atom. The lowest BCUT2D eigenvalue weighted by Crippen LogP contribution is -2.20. The summed E-state index contributed by atoms with van der Waals surface area (Å²) in [4.78, 5) is 3.99. The van der Waals surface area contributed by atoms with Gasteiger partial charge in [-0.15, -0.1) is 0 Å². The van der Waals surface area contributed by atoms with Crippen LogP contribution >= 0.6 is 0 Å². The summed E-state index contributed by atoms with van der Waals surface area (Å²) in [7, 11) is 0. The van der Waals surface area contributed by atoms with Gasteiger partial charge in [-0.05, 0) is 0 Å². The van der Waals surface area contributed by atoms with E-state index in [0.29, 0.717) is 6.04 Å². The summed E-state index contributed by atoms with van der Waals surface area (Å²) >= 11 is 0. The normalized spacial score (nSPS) is 24.3. The first-order valence-electron chi connectivity index (χ1n) is 3.11. The van der Waals surface area contributed by atoms with E-state index in [1.54, 1.807) is 0 Å². The summed E-state index contributed by atoms with van der Waals surface area (Å²) in [5.41, 5.74) is 6.95. The summed E-state index contributed by atoms with van der Waals surface area (Å²) in [5.74, 6) is 0. The van der Waals surface area contributed by atoms with Crippen LogP contribution in [0.3, 0.4) is 0 Å². The zero-order valence-electron chi connectivity index (χ0n) is 5.12. The predicted molar refractivity (Wildman–Crippen MR) is 33.9 cm³/mol. The Balaban J connectivity index is 2.39. The Bertz CT molecular complexity index is 195. The van der Waals surface area contributed by atoms with Crippen molar-refractivity contribution in [1.29, 1.82) is 0 Å². The van der Waals surface area contributed by atoms with E-state index in [4.69, 9.17) is 5.73 Å². The molecular formula is C6H9N3. The minimum Gasteiger partial charge on any atom is -0.333 e. The molecule has 0 unspecified atom stereocenters. The lowest BCUT2D eigenvalue weighted by molar-refractivity contribution is 0.636. The quantitative estimate of drug-likeness (QED) is 0.517. The number of rotatable bonds is 0. The lowest BCUT2D eigenvalue weighted by Gasteiger charge is -1.96. The van der Waals surface area contributed by atoms with Crippen LogP contribution in [0.2, 0.25) is 0 Å². The molecule has 0 aliphatic carbocycles. The molecule has 0 saturated heterocycles. The van der Waals surface area contributed by atoms with Gasteiger partial charge in [0.1, 0.15) is 0 Å². The molecule has 1 aliphatic rings. The fourth-order valence-corrected chi connectivity index (χ4v) is 1.27. The standard InChI is InChI=1S/C6H9N3/c7-5-1-6-2-8-4-9(6)3-5/h2,4-5H,1,3,7H2/t5-/m0/s1. The van der Waals surface area contributed by atoms with Crippen LogP contribution in [0.15, 0.2) is 12.5 Å². The molecule has 0 amide bonds. The van der Waals surface area contributed by atoms with Crippen LogP contribution in [-0.2, 0) is 13.0 Å². The van der Waals surface area contributed by atoms with Gasteiger partial charge in [0.05, 0.1) is 6.33 Å². The first-order valence-corrected chi connectivity index (χ1v) is 3.11. The highest BCUT2D eigenvalue weighted by Crippen LogP contribution is 2.10. The van der Waals surface area contributed by atoms with E-state index in [1.165, 1.54) is 5.69 Å². The molecule has 9 heavy (non-hydrogen) atoms. The van der Waals surface area contributed by atoms with Gasteiger partial charge in [0, 0.05) is 30.9 Å². The highest BCUT2D eigenvalue weighted by atomic mass is 15.1. The molecule has 2 heterocycles. The minimum absolute atomic E-state index is 0.322. The average Bonchev–Trinajstić information content (AvgIpc) is 2.22. The van der Waals surface area contributed by atoms with E-state index in [0.717, 1.165) is 13.0 Å². The van der Waals surface area contributed by atoms with Gasteiger partial charge in [-0.3, -0.25) is 0 Å². The number of nitrogens with zero attached hydrogens (tertiary/aromatic N) is 2. The van der Waals surface area contributed by atoms with Crippen molar-refractivity contribution in [2.24, 2.45) is 5.73 Å². The van der Waals surface area contributed by atoms with E-state index < -0.39 is 0 Å². The molecule has 0 spiro atoms. The van der Waals surface area contributed by atoms with Crippen LogP contribution in [0.5, 0.6) is 0 Å². The highest BCUT2D eigenvalue weighted by molar-refractivity contribution is 5.06. The Morgan fingerprint density at radius 2 is 2.67 bits per heavy atom. The van der Waals surface area contributed by atoms with Crippen molar-refractivity contribution in [3.63, 3.8) is 0 Å². The molecule has 1 atom stereocenters. The molecule has 0 saturated carbocycles. The van der Waals surface area contributed by atoms with Crippen LogP contribution in [-0.4, -0.2) is 15.6 Å². The fraction of sp³-hybridized carbons (Fsp3) is 0.500. The first kappa shape index (κ1) is 4.99. The van der Waals surface area contributed by atoms with E-state index in [1.807, 2.05) is 12.5 Å². The van der Waals surface area contributed by atoms with Crippen LogP contribution in [0, 0.1) is 0 Å². The van der Waals surface area contributed by atoms with Crippen molar-refractivity contribution in [2.45, 2.75) is 19.0 Å². The van der Waals surface area contributed by atoms with Crippen LogP contribution < -0.4 is 5.73 Å². The molecule has 3 heteroatoms. The second kappa shape index (κ2) is 1.57. The molecule has 0 fully saturated rings. The van der Waals surface area contributed by atoms with Gasteiger partial charge in [-0.2, -0.15) is 0 Å². The summed E-state index contributed by atoms with van der Waals surface area (Å²) in [6.07, 6.45) is 4.70. The molecule has 2 N–H and O–H groups in total. The van der Waals surface area contributed by atoms with Gasteiger partial charge in [-0.25, -0.2) is 4.98 Å². The van der Waals surface area contributed by atoms with E-state index in [9.17, 15) is 0 Å². The maximum absolute atomic E-state index is 5.68. The fourth-order valence-electron chi connectivity index (χ4n) is 1.27. The molecule has 3 nitrogen and oxygen atoms in total. The van der Waals surface area contributed by atoms with Gasteiger partial charge in [0.2, 0.25) is 0 Å². The van der Waals surface area contributed by atoms with Gasteiger partial charge in [0.25, 0.3) is 0 Å².